The average molecular weight is 341 g/mol. The van der Waals surface area contributed by atoms with E-state index in [1.165, 1.54) is 37.9 Å². The molecule has 0 spiro atoms. The van der Waals surface area contributed by atoms with Gasteiger partial charge in [0, 0.05) is 19.6 Å². The second kappa shape index (κ2) is 7.54. The summed E-state index contributed by atoms with van der Waals surface area (Å²) in [5, 5.41) is 8.95. The molecule has 6 nitrogen and oxygen atoms in total. The SMILES string of the molecule is COc1cccc(CN2CCn3c(CN4CCCCC4)nnc3C2)c1. The third-order valence-corrected chi connectivity index (χ3v) is 5.26. The number of piperidine rings is 1. The Labute approximate surface area is 149 Å². The van der Waals surface area contributed by atoms with Gasteiger partial charge >= 0.3 is 0 Å². The molecule has 1 fully saturated rings. The Morgan fingerprint density at radius 3 is 2.68 bits per heavy atom. The van der Waals surface area contributed by atoms with Gasteiger partial charge in [0.05, 0.1) is 20.2 Å². The molecule has 25 heavy (non-hydrogen) atoms. The summed E-state index contributed by atoms with van der Waals surface area (Å²) in [5.41, 5.74) is 1.28. The van der Waals surface area contributed by atoms with Crippen molar-refractivity contribution in [1.29, 1.82) is 0 Å². The summed E-state index contributed by atoms with van der Waals surface area (Å²) in [6, 6.07) is 8.31. The van der Waals surface area contributed by atoms with Gasteiger partial charge in [-0.15, -0.1) is 10.2 Å². The van der Waals surface area contributed by atoms with Gasteiger partial charge in [0.1, 0.15) is 17.4 Å². The minimum absolute atomic E-state index is 0.865. The first-order chi connectivity index (χ1) is 12.3. The van der Waals surface area contributed by atoms with Crippen LogP contribution in [0, 0.1) is 0 Å². The predicted octanol–water partition coefficient (Wildman–Crippen LogP) is 2.29. The van der Waals surface area contributed by atoms with Crippen molar-refractivity contribution in [2.45, 2.75) is 45.4 Å². The molecule has 0 atom stereocenters. The van der Waals surface area contributed by atoms with Crippen LogP contribution in [-0.2, 0) is 26.2 Å². The lowest BCUT2D eigenvalue weighted by Gasteiger charge is -2.29. The van der Waals surface area contributed by atoms with Crippen LogP contribution in [0.15, 0.2) is 24.3 Å². The second-order valence-electron chi connectivity index (χ2n) is 7.08. The first-order valence-corrected chi connectivity index (χ1v) is 9.30. The fourth-order valence-corrected chi connectivity index (χ4v) is 3.87. The number of nitrogens with zero attached hydrogens (tertiary/aromatic N) is 5. The molecule has 4 rings (SSSR count). The molecular weight excluding hydrogens is 314 g/mol. The van der Waals surface area contributed by atoms with Gasteiger partial charge in [-0.25, -0.2) is 0 Å². The van der Waals surface area contributed by atoms with Crippen molar-refractivity contribution in [2.75, 3.05) is 26.7 Å². The van der Waals surface area contributed by atoms with Crippen LogP contribution >= 0.6 is 0 Å². The molecule has 1 aromatic heterocycles. The van der Waals surface area contributed by atoms with E-state index in [9.17, 15) is 0 Å². The van der Waals surface area contributed by atoms with Crippen LogP contribution in [0.25, 0.3) is 0 Å². The van der Waals surface area contributed by atoms with E-state index < -0.39 is 0 Å². The molecule has 0 aliphatic carbocycles. The standard InChI is InChI=1S/C19H27N5O/c1-25-17-7-5-6-16(12-17)13-23-10-11-24-18(20-21-19(24)15-23)14-22-8-3-2-4-9-22/h5-7,12H,2-4,8-11,13-15H2,1H3. The van der Waals surface area contributed by atoms with Crippen molar-refractivity contribution in [3.63, 3.8) is 0 Å². The normalized spacial score (nSPS) is 18.9. The third kappa shape index (κ3) is 3.85. The van der Waals surface area contributed by atoms with Gasteiger partial charge in [0.15, 0.2) is 0 Å². The Balaban J connectivity index is 1.40. The highest BCUT2D eigenvalue weighted by Gasteiger charge is 2.22. The lowest BCUT2D eigenvalue weighted by molar-refractivity contribution is 0.192. The maximum atomic E-state index is 5.33. The molecule has 6 heteroatoms. The first kappa shape index (κ1) is 16.5. The fraction of sp³-hybridized carbons (Fsp3) is 0.579. The Kier molecular flexibility index (Phi) is 4.99. The summed E-state index contributed by atoms with van der Waals surface area (Å²) in [6.07, 6.45) is 4.00. The molecule has 0 radical (unpaired) electrons. The first-order valence-electron chi connectivity index (χ1n) is 9.30. The second-order valence-corrected chi connectivity index (χ2v) is 7.08. The molecular formula is C19H27N5O. The van der Waals surface area contributed by atoms with Crippen LogP contribution in [0.3, 0.4) is 0 Å². The monoisotopic (exact) mass is 341 g/mol. The Morgan fingerprint density at radius 1 is 0.960 bits per heavy atom. The lowest BCUT2D eigenvalue weighted by atomic mass is 10.1. The van der Waals surface area contributed by atoms with Gasteiger partial charge in [-0.1, -0.05) is 18.6 Å². The van der Waals surface area contributed by atoms with Crippen LogP contribution < -0.4 is 4.74 Å². The van der Waals surface area contributed by atoms with Crippen molar-refractivity contribution in [3.8, 4) is 5.75 Å². The number of ether oxygens (including phenoxy) is 1. The highest BCUT2D eigenvalue weighted by molar-refractivity contribution is 5.28. The highest BCUT2D eigenvalue weighted by Crippen LogP contribution is 2.19. The van der Waals surface area contributed by atoms with E-state index in [1.54, 1.807) is 7.11 Å². The van der Waals surface area contributed by atoms with Crippen LogP contribution in [0.5, 0.6) is 5.75 Å². The van der Waals surface area contributed by atoms with Gasteiger partial charge in [-0.3, -0.25) is 9.80 Å². The van der Waals surface area contributed by atoms with Crippen LogP contribution in [0.2, 0.25) is 0 Å². The van der Waals surface area contributed by atoms with E-state index in [2.05, 4.69) is 42.8 Å². The summed E-state index contributed by atoms with van der Waals surface area (Å²) < 4.78 is 7.66. The van der Waals surface area contributed by atoms with Gasteiger partial charge in [-0.05, 0) is 43.6 Å². The number of benzene rings is 1. The quantitative estimate of drug-likeness (QED) is 0.835. The van der Waals surface area contributed by atoms with Gasteiger partial charge in [-0.2, -0.15) is 0 Å². The van der Waals surface area contributed by atoms with Gasteiger partial charge in [0.25, 0.3) is 0 Å². The van der Waals surface area contributed by atoms with Crippen molar-refractivity contribution < 1.29 is 4.74 Å². The molecule has 0 bridgehead atoms. The summed E-state index contributed by atoms with van der Waals surface area (Å²) in [7, 11) is 1.71. The van der Waals surface area contributed by atoms with Crippen molar-refractivity contribution in [3.05, 3.63) is 41.5 Å². The molecule has 0 amide bonds. The lowest BCUT2D eigenvalue weighted by Crippen LogP contribution is -2.35. The predicted molar refractivity (Wildman–Crippen MR) is 96.3 cm³/mol. The summed E-state index contributed by atoms with van der Waals surface area (Å²) >= 11 is 0. The zero-order valence-corrected chi connectivity index (χ0v) is 15.0. The van der Waals surface area contributed by atoms with E-state index >= 15 is 0 Å². The molecule has 1 aromatic carbocycles. The van der Waals surface area contributed by atoms with Crippen molar-refractivity contribution >= 4 is 0 Å². The van der Waals surface area contributed by atoms with E-state index in [-0.39, 0.29) is 0 Å². The number of methoxy groups -OCH3 is 1. The number of aromatic nitrogens is 3. The number of hydrogen-bond donors (Lipinski definition) is 0. The molecule has 0 N–H and O–H groups in total. The highest BCUT2D eigenvalue weighted by atomic mass is 16.5. The van der Waals surface area contributed by atoms with E-state index in [4.69, 9.17) is 4.74 Å². The number of hydrogen-bond acceptors (Lipinski definition) is 5. The average Bonchev–Trinajstić information content (AvgIpc) is 3.05. The third-order valence-electron chi connectivity index (χ3n) is 5.26. The summed E-state index contributed by atoms with van der Waals surface area (Å²) in [5.74, 6) is 3.15. The topological polar surface area (TPSA) is 46.4 Å². The molecule has 3 heterocycles. The number of rotatable bonds is 5. The molecule has 134 valence electrons. The zero-order chi connectivity index (χ0) is 17.1. The Hall–Kier alpha value is -1.92. The zero-order valence-electron chi connectivity index (χ0n) is 15.0. The van der Waals surface area contributed by atoms with Gasteiger partial charge < -0.3 is 9.30 Å². The van der Waals surface area contributed by atoms with E-state index in [1.807, 2.05) is 6.07 Å². The molecule has 2 aliphatic heterocycles. The molecule has 2 aliphatic rings. The van der Waals surface area contributed by atoms with Gasteiger partial charge in [0.2, 0.25) is 0 Å². The molecule has 1 saturated heterocycles. The maximum Gasteiger partial charge on any atom is 0.147 e. The van der Waals surface area contributed by atoms with E-state index in [0.717, 1.165) is 50.1 Å². The largest absolute Gasteiger partial charge is 0.497 e. The smallest absolute Gasteiger partial charge is 0.147 e. The summed E-state index contributed by atoms with van der Waals surface area (Å²) in [4.78, 5) is 4.95. The number of fused-ring (bicyclic) bond motifs is 1. The Bertz CT molecular complexity index is 708. The van der Waals surface area contributed by atoms with Crippen LogP contribution in [0.4, 0.5) is 0 Å². The Morgan fingerprint density at radius 2 is 1.84 bits per heavy atom. The van der Waals surface area contributed by atoms with Crippen molar-refractivity contribution in [1.82, 2.24) is 24.6 Å². The van der Waals surface area contributed by atoms with E-state index in [0.29, 0.717) is 0 Å². The number of likely N-dealkylation sites (tertiary alicyclic amines) is 1. The summed E-state index contributed by atoms with van der Waals surface area (Å²) in [6.45, 7) is 7.15. The maximum absolute atomic E-state index is 5.33. The van der Waals surface area contributed by atoms with Crippen LogP contribution in [0.1, 0.15) is 36.5 Å². The fourth-order valence-electron chi connectivity index (χ4n) is 3.87. The molecule has 0 saturated carbocycles. The minimum atomic E-state index is 0.865. The van der Waals surface area contributed by atoms with Crippen molar-refractivity contribution in [2.24, 2.45) is 0 Å². The molecule has 2 aromatic rings. The molecule has 0 unspecified atom stereocenters. The van der Waals surface area contributed by atoms with Crippen LogP contribution in [-0.4, -0.2) is 51.3 Å². The minimum Gasteiger partial charge on any atom is -0.497 e.